The van der Waals surface area contributed by atoms with Gasteiger partial charge in [0.1, 0.15) is 22.6 Å². The number of hydrogen-bond donors (Lipinski definition) is 1. The molecule has 4 heterocycles. The largest absolute Gasteiger partial charge is 0.384 e. The van der Waals surface area contributed by atoms with Crippen molar-refractivity contribution in [2.45, 2.75) is 64.5 Å². The predicted octanol–water partition coefficient (Wildman–Crippen LogP) is 5.63. The van der Waals surface area contributed by atoms with E-state index in [0.29, 0.717) is 40.0 Å². The molecule has 1 aromatic carbocycles. The number of amides is 1. The number of imidazole rings is 1. The highest BCUT2D eigenvalue weighted by molar-refractivity contribution is 5.98. The first kappa shape index (κ1) is 24.8. The van der Waals surface area contributed by atoms with Crippen molar-refractivity contribution in [2.24, 2.45) is 24.8 Å². The zero-order valence-corrected chi connectivity index (χ0v) is 23.0. The number of rotatable bonds is 5. The molecule has 3 fully saturated rings. The molecule has 0 spiro atoms. The van der Waals surface area contributed by atoms with Gasteiger partial charge < -0.3 is 19.1 Å². The molecule has 2 atom stereocenters. The van der Waals surface area contributed by atoms with Crippen LogP contribution < -0.4 is 0 Å². The van der Waals surface area contributed by atoms with Gasteiger partial charge in [0.25, 0.3) is 5.91 Å². The lowest BCUT2D eigenvalue weighted by Crippen LogP contribution is -2.42. The number of carbonyl (C=O) groups is 1. The Morgan fingerprint density at radius 3 is 2.64 bits per heavy atom. The molecule has 7 nitrogen and oxygen atoms in total. The van der Waals surface area contributed by atoms with Crippen LogP contribution in [0.2, 0.25) is 0 Å². The standard InChI is InChI=1S/C31H36FN5O2/c1-31(2,39)26-10-9-20-15-25(37(28(20)34-26)16-18-7-8-18)29-33-24-14-22(13-23(32)27(24)35(29)3)30(38)36-12-11-19-5-4-6-21(19)17-36/h9-10,13-15,18-19,21,39H,4-8,11-12,16-17H2,1-3H3/t19-,21+/m0/s1. The molecule has 0 bridgehead atoms. The molecule has 1 aliphatic heterocycles. The maximum Gasteiger partial charge on any atom is 0.254 e. The van der Waals surface area contributed by atoms with Crippen LogP contribution in [-0.4, -0.2) is 48.1 Å². The van der Waals surface area contributed by atoms with Crippen LogP contribution in [0, 0.1) is 23.6 Å². The summed E-state index contributed by atoms with van der Waals surface area (Å²) in [5, 5.41) is 11.5. The highest BCUT2D eigenvalue weighted by Crippen LogP contribution is 2.39. The number of fused-ring (bicyclic) bond motifs is 3. The van der Waals surface area contributed by atoms with Crippen LogP contribution in [0.1, 0.15) is 68.4 Å². The van der Waals surface area contributed by atoms with E-state index in [4.69, 9.17) is 9.97 Å². The van der Waals surface area contributed by atoms with Crippen molar-refractivity contribution >= 4 is 28.0 Å². The van der Waals surface area contributed by atoms with Crippen LogP contribution in [0.4, 0.5) is 4.39 Å². The van der Waals surface area contributed by atoms with Gasteiger partial charge in [0.15, 0.2) is 5.82 Å². The third-order valence-electron chi connectivity index (χ3n) is 9.24. The van der Waals surface area contributed by atoms with Crippen molar-refractivity contribution in [1.29, 1.82) is 0 Å². The molecule has 8 heteroatoms. The number of aliphatic hydroxyl groups is 1. The number of carbonyl (C=O) groups excluding carboxylic acids is 1. The Kier molecular flexibility index (Phi) is 5.64. The van der Waals surface area contributed by atoms with Gasteiger partial charge in [-0.1, -0.05) is 12.8 Å². The number of hydrogen-bond acceptors (Lipinski definition) is 4. The molecular formula is C31H36FN5O2. The van der Waals surface area contributed by atoms with E-state index < -0.39 is 11.4 Å². The number of aryl methyl sites for hydroxylation is 1. The minimum absolute atomic E-state index is 0.0976. The predicted molar refractivity (Wildman–Crippen MR) is 149 cm³/mol. The average molecular weight is 530 g/mol. The molecule has 1 saturated heterocycles. The fourth-order valence-corrected chi connectivity index (χ4v) is 6.84. The monoisotopic (exact) mass is 529 g/mol. The maximum atomic E-state index is 15.6. The summed E-state index contributed by atoms with van der Waals surface area (Å²) >= 11 is 0. The molecule has 2 aliphatic carbocycles. The highest BCUT2D eigenvalue weighted by atomic mass is 19.1. The first-order valence-electron chi connectivity index (χ1n) is 14.4. The van der Waals surface area contributed by atoms with Crippen molar-refractivity contribution < 1.29 is 14.3 Å². The molecule has 2 saturated carbocycles. The summed E-state index contributed by atoms with van der Waals surface area (Å²) < 4.78 is 19.6. The lowest BCUT2D eigenvalue weighted by molar-refractivity contribution is 0.0626. The van der Waals surface area contributed by atoms with Crippen LogP contribution >= 0.6 is 0 Å². The number of pyridine rings is 1. The fourth-order valence-electron chi connectivity index (χ4n) is 6.84. The van der Waals surface area contributed by atoms with Gasteiger partial charge >= 0.3 is 0 Å². The average Bonchev–Trinajstić information content (AvgIpc) is 3.32. The van der Waals surface area contributed by atoms with E-state index in [1.807, 2.05) is 24.1 Å². The molecule has 39 heavy (non-hydrogen) atoms. The number of halogens is 1. The van der Waals surface area contributed by atoms with Gasteiger partial charge in [-0.25, -0.2) is 14.4 Å². The quantitative estimate of drug-likeness (QED) is 0.364. The Morgan fingerprint density at radius 1 is 1.08 bits per heavy atom. The van der Waals surface area contributed by atoms with Crippen molar-refractivity contribution in [2.75, 3.05) is 13.1 Å². The molecule has 3 aromatic heterocycles. The zero-order valence-electron chi connectivity index (χ0n) is 23.0. The van der Waals surface area contributed by atoms with Gasteiger partial charge in [-0.15, -0.1) is 0 Å². The Balaban J connectivity index is 1.30. The molecule has 3 aliphatic rings. The normalized spacial score (nSPS) is 21.7. The van der Waals surface area contributed by atoms with Gasteiger partial charge in [0.2, 0.25) is 0 Å². The second kappa shape index (κ2) is 8.88. The molecular weight excluding hydrogens is 493 g/mol. The first-order chi connectivity index (χ1) is 18.7. The second-order valence-electron chi connectivity index (χ2n) is 12.6. The second-order valence-corrected chi connectivity index (χ2v) is 12.6. The van der Waals surface area contributed by atoms with Crippen LogP contribution in [0.5, 0.6) is 0 Å². The fraction of sp³-hybridized carbons (Fsp3) is 0.516. The topological polar surface area (TPSA) is 76.2 Å². The summed E-state index contributed by atoms with van der Waals surface area (Å²) in [5.74, 6) is 2.01. The maximum absolute atomic E-state index is 15.6. The zero-order chi connectivity index (χ0) is 27.1. The summed E-state index contributed by atoms with van der Waals surface area (Å²) in [6.45, 7) is 5.79. The minimum Gasteiger partial charge on any atom is -0.384 e. The van der Waals surface area contributed by atoms with Gasteiger partial charge in [-0.05, 0) is 87.6 Å². The lowest BCUT2D eigenvalue weighted by atomic mass is 9.88. The molecule has 0 radical (unpaired) electrons. The van der Waals surface area contributed by atoms with E-state index in [-0.39, 0.29) is 5.91 Å². The van der Waals surface area contributed by atoms with E-state index in [2.05, 4.69) is 10.6 Å². The number of piperidine rings is 1. The van der Waals surface area contributed by atoms with Gasteiger partial charge in [-0.2, -0.15) is 0 Å². The Labute approximate surface area is 227 Å². The van der Waals surface area contributed by atoms with E-state index in [1.54, 1.807) is 24.5 Å². The van der Waals surface area contributed by atoms with Crippen molar-refractivity contribution in [1.82, 2.24) is 24.0 Å². The van der Waals surface area contributed by atoms with E-state index >= 15 is 4.39 Å². The van der Waals surface area contributed by atoms with Gasteiger partial charge in [0, 0.05) is 37.6 Å². The molecule has 7 rings (SSSR count). The first-order valence-corrected chi connectivity index (χ1v) is 14.4. The summed E-state index contributed by atoms with van der Waals surface area (Å²) in [6.07, 6.45) is 7.10. The number of benzene rings is 1. The molecule has 1 amide bonds. The molecule has 4 aromatic rings. The molecule has 204 valence electrons. The highest BCUT2D eigenvalue weighted by Gasteiger charge is 2.35. The number of aromatic nitrogens is 4. The summed E-state index contributed by atoms with van der Waals surface area (Å²) in [5.41, 5.74) is 2.47. The van der Waals surface area contributed by atoms with Crippen LogP contribution in [0.3, 0.4) is 0 Å². The molecule has 1 N–H and O–H groups in total. The van der Waals surface area contributed by atoms with Crippen LogP contribution in [0.25, 0.3) is 33.6 Å². The van der Waals surface area contributed by atoms with E-state index in [0.717, 1.165) is 48.7 Å². The third kappa shape index (κ3) is 4.24. The van der Waals surface area contributed by atoms with E-state index in [9.17, 15) is 9.90 Å². The van der Waals surface area contributed by atoms with Crippen molar-refractivity contribution in [3.8, 4) is 11.5 Å². The van der Waals surface area contributed by atoms with Crippen LogP contribution in [-0.2, 0) is 19.2 Å². The smallest absolute Gasteiger partial charge is 0.254 e. The third-order valence-corrected chi connectivity index (χ3v) is 9.24. The molecule has 0 unspecified atom stereocenters. The summed E-state index contributed by atoms with van der Waals surface area (Å²) in [7, 11) is 1.83. The number of likely N-dealkylation sites (tertiary alicyclic amines) is 1. The van der Waals surface area contributed by atoms with Gasteiger partial charge in [0.05, 0.1) is 16.9 Å². The van der Waals surface area contributed by atoms with Crippen molar-refractivity contribution in [3.05, 3.63) is 47.4 Å². The van der Waals surface area contributed by atoms with Gasteiger partial charge in [-0.3, -0.25) is 4.79 Å². The minimum atomic E-state index is -1.06. The Hall–Kier alpha value is -3.26. The van der Waals surface area contributed by atoms with Crippen LogP contribution in [0.15, 0.2) is 30.3 Å². The lowest BCUT2D eigenvalue weighted by Gasteiger charge is -2.35. The van der Waals surface area contributed by atoms with E-state index in [1.165, 1.54) is 38.2 Å². The Bertz CT molecular complexity index is 1610. The summed E-state index contributed by atoms with van der Waals surface area (Å²) in [6, 6.07) is 9.03. The summed E-state index contributed by atoms with van der Waals surface area (Å²) in [4.78, 5) is 25.1. The SMILES string of the molecule is Cn1c(-c2cc3ccc(C(C)(C)O)nc3n2CC2CC2)nc2cc(C(=O)N3CC[C@@H]4CCC[C@@H]4C3)cc(F)c21. The Morgan fingerprint density at radius 2 is 1.87 bits per heavy atom. The number of nitrogens with zero attached hydrogens (tertiary/aromatic N) is 5. The van der Waals surface area contributed by atoms with Crippen molar-refractivity contribution in [3.63, 3.8) is 0 Å².